The van der Waals surface area contributed by atoms with Gasteiger partial charge < -0.3 is 4.90 Å². The lowest BCUT2D eigenvalue weighted by Crippen LogP contribution is -2.42. The molecule has 0 radical (unpaired) electrons. The van der Waals surface area contributed by atoms with E-state index >= 15 is 0 Å². The van der Waals surface area contributed by atoms with Crippen LogP contribution in [-0.4, -0.2) is 24.9 Å². The summed E-state index contributed by atoms with van der Waals surface area (Å²) in [6.07, 6.45) is 0.197. The molecule has 3 aromatic rings. The van der Waals surface area contributed by atoms with Crippen LogP contribution < -0.4 is 15.8 Å². The number of carbonyl (C=O) groups excluding carboxylic acids is 2. The minimum Gasteiger partial charge on any atom is -0.372 e. The maximum absolute atomic E-state index is 12.3. The minimum atomic E-state index is -0.336. The van der Waals surface area contributed by atoms with Crippen molar-refractivity contribution < 1.29 is 9.59 Å². The van der Waals surface area contributed by atoms with Gasteiger partial charge in [0.2, 0.25) is 5.91 Å². The summed E-state index contributed by atoms with van der Waals surface area (Å²) in [5.74, 6) is -0.596. The van der Waals surface area contributed by atoms with Crippen molar-refractivity contribution in [1.82, 2.24) is 10.9 Å². The van der Waals surface area contributed by atoms with E-state index in [9.17, 15) is 9.59 Å². The molecule has 0 fully saturated rings. The third-order valence-electron chi connectivity index (χ3n) is 4.80. The predicted molar refractivity (Wildman–Crippen MR) is 113 cm³/mol. The molecule has 0 unspecified atom stereocenters. The first-order chi connectivity index (χ1) is 13.6. The largest absolute Gasteiger partial charge is 0.372 e. The second kappa shape index (κ2) is 9.04. The molecule has 3 aromatic carbocycles. The number of nitrogens with one attached hydrogen (secondary N) is 2. The summed E-state index contributed by atoms with van der Waals surface area (Å²) in [4.78, 5) is 26.8. The molecule has 5 heteroatoms. The Kier molecular flexibility index (Phi) is 6.27. The van der Waals surface area contributed by atoms with Crippen molar-refractivity contribution in [1.29, 1.82) is 0 Å². The molecule has 0 saturated heterocycles. The van der Waals surface area contributed by atoms with Gasteiger partial charge in [-0.05, 0) is 54.4 Å². The molecular formula is C23H25N3O2. The Labute approximate surface area is 165 Å². The molecule has 0 saturated carbocycles. The molecule has 144 valence electrons. The number of hydrazine groups is 1. The summed E-state index contributed by atoms with van der Waals surface area (Å²) in [6, 6.07) is 21.2. The molecule has 5 nitrogen and oxygen atoms in total. The van der Waals surface area contributed by atoms with Crippen LogP contribution in [0.4, 0.5) is 5.69 Å². The van der Waals surface area contributed by atoms with Crippen LogP contribution in [0.15, 0.2) is 66.7 Å². The average Bonchev–Trinajstić information content (AvgIpc) is 2.74. The fourth-order valence-electron chi connectivity index (χ4n) is 3.27. The Balaban J connectivity index is 1.59. The zero-order chi connectivity index (χ0) is 19.9. The first-order valence-corrected chi connectivity index (χ1v) is 9.53. The molecule has 0 aliphatic heterocycles. The zero-order valence-corrected chi connectivity index (χ0v) is 16.2. The Morgan fingerprint density at radius 3 is 2.21 bits per heavy atom. The summed E-state index contributed by atoms with van der Waals surface area (Å²) in [7, 11) is 0. The first kappa shape index (κ1) is 19.4. The third kappa shape index (κ3) is 4.49. The van der Waals surface area contributed by atoms with Gasteiger partial charge in [-0.25, -0.2) is 0 Å². The summed E-state index contributed by atoms with van der Waals surface area (Å²) in [5.41, 5.74) is 7.49. The van der Waals surface area contributed by atoms with Crippen molar-refractivity contribution >= 4 is 28.3 Å². The highest BCUT2D eigenvalue weighted by molar-refractivity contribution is 5.96. The number of carbonyl (C=O) groups is 2. The Hall–Kier alpha value is -3.34. The summed E-state index contributed by atoms with van der Waals surface area (Å²) in [6.45, 7) is 6.00. The van der Waals surface area contributed by atoms with E-state index in [4.69, 9.17) is 0 Å². The van der Waals surface area contributed by atoms with E-state index in [1.165, 1.54) is 0 Å². The van der Waals surface area contributed by atoms with Crippen LogP contribution in [0.5, 0.6) is 0 Å². The maximum Gasteiger partial charge on any atom is 0.269 e. The van der Waals surface area contributed by atoms with Crippen LogP contribution in [0, 0.1) is 0 Å². The van der Waals surface area contributed by atoms with Crippen LogP contribution in [0.2, 0.25) is 0 Å². The third-order valence-corrected chi connectivity index (χ3v) is 4.80. The summed E-state index contributed by atoms with van der Waals surface area (Å²) < 4.78 is 0. The highest BCUT2D eigenvalue weighted by Gasteiger charge is 2.10. The van der Waals surface area contributed by atoms with Gasteiger partial charge in [0, 0.05) is 24.3 Å². The molecule has 0 atom stereocenters. The number of anilines is 1. The number of nitrogens with zero attached hydrogens (tertiary/aromatic N) is 1. The van der Waals surface area contributed by atoms with E-state index < -0.39 is 0 Å². The number of hydrogen-bond donors (Lipinski definition) is 2. The number of fused-ring (bicyclic) bond motifs is 1. The Morgan fingerprint density at radius 2 is 1.50 bits per heavy atom. The lowest BCUT2D eigenvalue weighted by Gasteiger charge is -2.21. The molecule has 0 aromatic heterocycles. The van der Waals surface area contributed by atoms with Crippen LogP contribution in [-0.2, 0) is 11.2 Å². The lowest BCUT2D eigenvalue weighted by atomic mass is 10.0. The Bertz CT molecular complexity index is 958. The quantitative estimate of drug-likeness (QED) is 0.646. The number of rotatable bonds is 6. The number of amides is 2. The van der Waals surface area contributed by atoms with Crippen LogP contribution in [0.25, 0.3) is 10.8 Å². The molecule has 0 aliphatic rings. The fourth-order valence-corrected chi connectivity index (χ4v) is 3.27. The zero-order valence-electron chi connectivity index (χ0n) is 16.2. The monoisotopic (exact) mass is 375 g/mol. The molecule has 0 bridgehead atoms. The van der Waals surface area contributed by atoms with Crippen molar-refractivity contribution in [3.05, 3.63) is 77.9 Å². The van der Waals surface area contributed by atoms with E-state index in [2.05, 4.69) is 29.6 Å². The van der Waals surface area contributed by atoms with Crippen molar-refractivity contribution in [3.8, 4) is 0 Å². The topological polar surface area (TPSA) is 61.4 Å². The van der Waals surface area contributed by atoms with Gasteiger partial charge in [-0.1, -0.05) is 42.5 Å². The van der Waals surface area contributed by atoms with E-state index in [0.29, 0.717) is 5.56 Å². The van der Waals surface area contributed by atoms with Crippen molar-refractivity contribution in [2.75, 3.05) is 18.0 Å². The van der Waals surface area contributed by atoms with Crippen LogP contribution >= 0.6 is 0 Å². The molecule has 0 spiro atoms. The molecule has 28 heavy (non-hydrogen) atoms. The number of hydrogen-bond acceptors (Lipinski definition) is 3. The highest BCUT2D eigenvalue weighted by Crippen LogP contribution is 2.19. The molecular weight excluding hydrogens is 350 g/mol. The molecule has 2 amide bonds. The van der Waals surface area contributed by atoms with Crippen LogP contribution in [0.1, 0.15) is 29.8 Å². The van der Waals surface area contributed by atoms with Gasteiger partial charge in [0.25, 0.3) is 5.91 Å². The highest BCUT2D eigenvalue weighted by atomic mass is 16.2. The average molecular weight is 375 g/mol. The van der Waals surface area contributed by atoms with Crippen LogP contribution in [0.3, 0.4) is 0 Å². The van der Waals surface area contributed by atoms with Crippen molar-refractivity contribution in [3.63, 3.8) is 0 Å². The Morgan fingerprint density at radius 1 is 0.821 bits per heavy atom. The van der Waals surface area contributed by atoms with Crippen molar-refractivity contribution in [2.45, 2.75) is 20.3 Å². The smallest absolute Gasteiger partial charge is 0.269 e. The minimum absolute atomic E-state index is 0.197. The molecule has 0 aliphatic carbocycles. The van der Waals surface area contributed by atoms with E-state index in [1.54, 1.807) is 12.1 Å². The van der Waals surface area contributed by atoms with Gasteiger partial charge in [0.15, 0.2) is 0 Å². The van der Waals surface area contributed by atoms with Gasteiger partial charge in [0.05, 0.1) is 6.42 Å². The van der Waals surface area contributed by atoms with Gasteiger partial charge in [0.1, 0.15) is 0 Å². The number of benzene rings is 3. The second-order valence-corrected chi connectivity index (χ2v) is 6.54. The molecule has 0 heterocycles. The fraction of sp³-hybridized carbons (Fsp3) is 0.217. The second-order valence-electron chi connectivity index (χ2n) is 6.54. The predicted octanol–water partition coefficient (Wildman–Crippen LogP) is 3.69. The molecule has 3 rings (SSSR count). The normalized spacial score (nSPS) is 10.5. The maximum atomic E-state index is 12.3. The standard InChI is InChI=1S/C23H25N3O2/c1-3-26(4-2)20-14-12-18(13-15-20)23(28)25-24-22(27)16-19-10-7-9-17-8-5-6-11-21(17)19/h5-15H,3-4,16H2,1-2H3,(H,24,27)(H,25,28). The first-order valence-electron chi connectivity index (χ1n) is 9.53. The molecule has 2 N–H and O–H groups in total. The summed E-state index contributed by atoms with van der Waals surface area (Å²) >= 11 is 0. The van der Waals surface area contributed by atoms with Crippen molar-refractivity contribution in [2.24, 2.45) is 0 Å². The summed E-state index contributed by atoms with van der Waals surface area (Å²) in [5, 5.41) is 2.13. The van der Waals surface area contributed by atoms with E-state index in [0.717, 1.165) is 35.1 Å². The lowest BCUT2D eigenvalue weighted by molar-refractivity contribution is -0.121. The van der Waals surface area contributed by atoms with Gasteiger partial charge in [-0.15, -0.1) is 0 Å². The van der Waals surface area contributed by atoms with Gasteiger partial charge in [-0.2, -0.15) is 0 Å². The SMILES string of the molecule is CCN(CC)c1ccc(C(=O)NNC(=O)Cc2cccc3ccccc23)cc1. The van der Waals surface area contributed by atoms with Gasteiger partial charge >= 0.3 is 0 Å². The van der Waals surface area contributed by atoms with E-state index in [1.807, 2.05) is 54.6 Å². The van der Waals surface area contributed by atoms with Gasteiger partial charge in [-0.3, -0.25) is 20.4 Å². The van der Waals surface area contributed by atoms with E-state index in [-0.39, 0.29) is 18.2 Å².